The topological polar surface area (TPSA) is 81.1 Å². The number of methoxy groups -OCH3 is 1. The van der Waals surface area contributed by atoms with Crippen LogP contribution in [0, 0.1) is 0 Å². The van der Waals surface area contributed by atoms with Crippen molar-refractivity contribution in [2.24, 2.45) is 0 Å². The van der Waals surface area contributed by atoms with Crippen molar-refractivity contribution in [3.05, 3.63) is 96.6 Å². The van der Waals surface area contributed by atoms with Crippen molar-refractivity contribution in [1.29, 1.82) is 0 Å². The second-order valence-corrected chi connectivity index (χ2v) is 6.56. The molecule has 7 heteroatoms. The molecule has 3 aromatic carbocycles. The Labute approximate surface area is 174 Å². The third-order valence-corrected chi connectivity index (χ3v) is 4.62. The summed E-state index contributed by atoms with van der Waals surface area (Å²) in [5, 5.41) is 10.4. The first-order valence-electron chi connectivity index (χ1n) is 9.46. The van der Waals surface area contributed by atoms with Gasteiger partial charge in [0.25, 0.3) is 5.91 Å². The van der Waals surface area contributed by atoms with Gasteiger partial charge in [-0.3, -0.25) is 4.79 Å². The number of carbonyl (C=O) groups is 1. The van der Waals surface area contributed by atoms with Crippen LogP contribution in [0.15, 0.2) is 85.5 Å². The fourth-order valence-electron chi connectivity index (χ4n) is 3.07. The maximum Gasteiger partial charge on any atom is 0.253 e. The van der Waals surface area contributed by atoms with E-state index in [2.05, 4.69) is 20.7 Å². The van der Waals surface area contributed by atoms with Crippen LogP contribution in [-0.4, -0.2) is 27.8 Å². The molecule has 4 aromatic rings. The summed E-state index contributed by atoms with van der Waals surface area (Å²) in [6.45, 7) is 0.416. The molecule has 0 saturated carbocycles. The highest BCUT2D eigenvalue weighted by atomic mass is 16.5. The van der Waals surface area contributed by atoms with Crippen LogP contribution in [-0.2, 0) is 6.54 Å². The molecule has 0 unspecified atom stereocenters. The predicted octanol–water partition coefficient (Wildman–Crippen LogP) is 3.95. The van der Waals surface area contributed by atoms with Crippen molar-refractivity contribution in [2.75, 3.05) is 12.4 Å². The van der Waals surface area contributed by atoms with Crippen molar-refractivity contribution < 1.29 is 9.53 Å². The number of amides is 1. The first kappa shape index (κ1) is 19.2. The molecule has 4 rings (SSSR count). The summed E-state index contributed by atoms with van der Waals surface area (Å²) in [5.41, 5.74) is 3.96. The average Bonchev–Trinajstić information content (AvgIpc) is 3.33. The molecular formula is C23H21N5O2. The SMILES string of the molecule is COc1ccccc1Nc1ccccc1C(=O)NCc1ccc(-n2cncn2)cc1. The molecule has 0 aliphatic carbocycles. The third-order valence-electron chi connectivity index (χ3n) is 4.62. The number of nitrogens with one attached hydrogen (secondary N) is 2. The Morgan fingerprint density at radius 3 is 2.43 bits per heavy atom. The molecule has 1 aromatic heterocycles. The zero-order chi connectivity index (χ0) is 20.8. The van der Waals surface area contributed by atoms with Gasteiger partial charge >= 0.3 is 0 Å². The molecule has 0 fully saturated rings. The predicted molar refractivity (Wildman–Crippen MR) is 115 cm³/mol. The van der Waals surface area contributed by atoms with Gasteiger partial charge in [0.1, 0.15) is 18.4 Å². The number of anilines is 2. The molecule has 0 aliphatic heterocycles. The highest BCUT2D eigenvalue weighted by Crippen LogP contribution is 2.28. The van der Waals surface area contributed by atoms with E-state index in [9.17, 15) is 4.79 Å². The quantitative estimate of drug-likeness (QED) is 0.492. The van der Waals surface area contributed by atoms with Gasteiger partial charge in [-0.25, -0.2) is 9.67 Å². The van der Waals surface area contributed by atoms with Gasteiger partial charge in [0.05, 0.1) is 29.7 Å². The van der Waals surface area contributed by atoms with Gasteiger partial charge in [0.15, 0.2) is 0 Å². The van der Waals surface area contributed by atoms with Crippen LogP contribution in [0.4, 0.5) is 11.4 Å². The minimum Gasteiger partial charge on any atom is -0.495 e. The van der Waals surface area contributed by atoms with E-state index in [-0.39, 0.29) is 5.91 Å². The molecule has 0 atom stereocenters. The molecule has 2 N–H and O–H groups in total. The van der Waals surface area contributed by atoms with Crippen LogP contribution in [0.1, 0.15) is 15.9 Å². The molecule has 0 radical (unpaired) electrons. The molecule has 7 nitrogen and oxygen atoms in total. The molecule has 0 saturated heterocycles. The minimum atomic E-state index is -0.159. The van der Waals surface area contributed by atoms with Crippen molar-refractivity contribution in [2.45, 2.75) is 6.54 Å². The van der Waals surface area contributed by atoms with E-state index >= 15 is 0 Å². The zero-order valence-electron chi connectivity index (χ0n) is 16.4. The number of ether oxygens (including phenoxy) is 1. The summed E-state index contributed by atoms with van der Waals surface area (Å²) >= 11 is 0. The highest BCUT2D eigenvalue weighted by Gasteiger charge is 2.12. The Hall–Kier alpha value is -4.13. The first-order valence-corrected chi connectivity index (χ1v) is 9.46. The van der Waals surface area contributed by atoms with E-state index in [0.29, 0.717) is 23.5 Å². The number of rotatable bonds is 7. The maximum absolute atomic E-state index is 12.8. The number of para-hydroxylation sites is 3. The number of nitrogens with zero attached hydrogens (tertiary/aromatic N) is 3. The van der Waals surface area contributed by atoms with Gasteiger partial charge in [-0.05, 0) is 42.0 Å². The Morgan fingerprint density at radius 2 is 1.70 bits per heavy atom. The number of hydrogen-bond acceptors (Lipinski definition) is 5. The fourth-order valence-corrected chi connectivity index (χ4v) is 3.07. The van der Waals surface area contributed by atoms with E-state index in [1.807, 2.05) is 66.7 Å². The normalized spacial score (nSPS) is 10.4. The summed E-state index contributed by atoms with van der Waals surface area (Å²) in [4.78, 5) is 16.8. The van der Waals surface area contributed by atoms with Crippen LogP contribution in [0.5, 0.6) is 5.75 Å². The standard InChI is InChI=1S/C23H21N5O2/c1-30-22-9-5-4-8-21(22)27-20-7-3-2-6-19(20)23(29)25-14-17-10-12-18(13-11-17)28-16-24-15-26-28/h2-13,15-16,27H,14H2,1H3,(H,25,29). The van der Waals surface area contributed by atoms with Crippen molar-refractivity contribution in [3.8, 4) is 11.4 Å². The first-order chi connectivity index (χ1) is 14.7. The largest absolute Gasteiger partial charge is 0.495 e. The van der Waals surface area contributed by atoms with E-state index < -0.39 is 0 Å². The van der Waals surface area contributed by atoms with Crippen LogP contribution in [0.3, 0.4) is 0 Å². The smallest absolute Gasteiger partial charge is 0.253 e. The van der Waals surface area contributed by atoms with Crippen LogP contribution in [0.25, 0.3) is 5.69 Å². The highest BCUT2D eigenvalue weighted by molar-refractivity contribution is 6.00. The van der Waals surface area contributed by atoms with Crippen LogP contribution in [0.2, 0.25) is 0 Å². The van der Waals surface area contributed by atoms with Gasteiger partial charge in [0.2, 0.25) is 0 Å². The van der Waals surface area contributed by atoms with Gasteiger partial charge in [0, 0.05) is 6.54 Å². The van der Waals surface area contributed by atoms with Gasteiger partial charge in [-0.1, -0.05) is 36.4 Å². The number of aromatic nitrogens is 3. The molecular weight excluding hydrogens is 378 g/mol. The molecule has 1 heterocycles. The third kappa shape index (κ3) is 4.30. The lowest BCUT2D eigenvalue weighted by Gasteiger charge is -2.14. The second kappa shape index (κ2) is 8.91. The van der Waals surface area contributed by atoms with Crippen LogP contribution >= 0.6 is 0 Å². The van der Waals surface area contributed by atoms with Crippen molar-refractivity contribution in [1.82, 2.24) is 20.1 Å². The molecule has 0 bridgehead atoms. The second-order valence-electron chi connectivity index (χ2n) is 6.56. The Morgan fingerprint density at radius 1 is 0.967 bits per heavy atom. The number of benzene rings is 3. The van der Waals surface area contributed by atoms with Gasteiger partial charge in [-0.15, -0.1) is 0 Å². The Bertz CT molecular complexity index is 1120. The van der Waals surface area contributed by atoms with E-state index in [1.54, 1.807) is 24.2 Å². The lowest BCUT2D eigenvalue weighted by Crippen LogP contribution is -2.23. The van der Waals surface area contributed by atoms with E-state index in [1.165, 1.54) is 6.33 Å². The molecule has 0 spiro atoms. The molecule has 30 heavy (non-hydrogen) atoms. The summed E-state index contributed by atoms with van der Waals surface area (Å²) in [6.07, 6.45) is 3.13. The summed E-state index contributed by atoms with van der Waals surface area (Å²) < 4.78 is 7.07. The molecule has 150 valence electrons. The molecule has 0 aliphatic rings. The minimum absolute atomic E-state index is 0.159. The van der Waals surface area contributed by atoms with E-state index in [4.69, 9.17) is 4.74 Å². The lowest BCUT2D eigenvalue weighted by atomic mass is 10.1. The van der Waals surface area contributed by atoms with E-state index in [0.717, 1.165) is 16.9 Å². The summed E-state index contributed by atoms with van der Waals surface area (Å²) in [6, 6.07) is 22.8. The lowest BCUT2D eigenvalue weighted by molar-refractivity contribution is 0.0951. The summed E-state index contributed by atoms with van der Waals surface area (Å²) in [5.74, 6) is 0.550. The number of carbonyl (C=O) groups excluding carboxylic acids is 1. The van der Waals surface area contributed by atoms with Gasteiger partial charge < -0.3 is 15.4 Å². The van der Waals surface area contributed by atoms with Crippen molar-refractivity contribution >= 4 is 17.3 Å². The van der Waals surface area contributed by atoms with Crippen LogP contribution < -0.4 is 15.4 Å². The average molecular weight is 399 g/mol. The Kier molecular flexibility index (Phi) is 5.70. The monoisotopic (exact) mass is 399 g/mol. The van der Waals surface area contributed by atoms with Crippen molar-refractivity contribution in [3.63, 3.8) is 0 Å². The summed E-state index contributed by atoms with van der Waals surface area (Å²) in [7, 11) is 1.62. The zero-order valence-corrected chi connectivity index (χ0v) is 16.4. The fraction of sp³-hybridized carbons (Fsp3) is 0.0870. The van der Waals surface area contributed by atoms with Gasteiger partial charge in [-0.2, -0.15) is 5.10 Å². The Balaban J connectivity index is 1.45. The number of hydrogen-bond donors (Lipinski definition) is 2. The maximum atomic E-state index is 12.8. The molecule has 1 amide bonds.